The van der Waals surface area contributed by atoms with Crippen molar-refractivity contribution >= 4 is 10.0 Å². The molecule has 114 valence electrons. The molecule has 0 aromatic carbocycles. The number of sulfonamides is 1. The van der Waals surface area contributed by atoms with Crippen molar-refractivity contribution in [1.29, 1.82) is 0 Å². The van der Waals surface area contributed by atoms with Gasteiger partial charge in [-0.05, 0) is 25.8 Å². The fourth-order valence-corrected chi connectivity index (χ4v) is 3.70. The minimum Gasteiger partial charge on any atom is -0.349 e. The highest BCUT2D eigenvalue weighted by Crippen LogP contribution is 2.31. The van der Waals surface area contributed by atoms with Gasteiger partial charge in [0.1, 0.15) is 4.90 Å². The number of nitrogens with zero attached hydrogens (tertiary/aromatic N) is 2. The van der Waals surface area contributed by atoms with Gasteiger partial charge < -0.3 is 9.88 Å². The van der Waals surface area contributed by atoms with Crippen LogP contribution in [0.15, 0.2) is 17.2 Å². The number of hydrogen-bond donors (Lipinski definition) is 1. The van der Waals surface area contributed by atoms with Crippen molar-refractivity contribution in [2.24, 2.45) is 0 Å². The highest BCUT2D eigenvalue weighted by Gasteiger charge is 2.35. The van der Waals surface area contributed by atoms with E-state index in [0.717, 1.165) is 25.1 Å². The average molecular weight is 299 g/mol. The quantitative estimate of drug-likeness (QED) is 0.835. The Kier molecular flexibility index (Phi) is 4.56. The predicted molar refractivity (Wildman–Crippen MR) is 80.1 cm³/mol. The van der Waals surface area contributed by atoms with Gasteiger partial charge in [-0.15, -0.1) is 0 Å². The first kappa shape index (κ1) is 15.5. The maximum absolute atomic E-state index is 12.5. The molecule has 1 fully saturated rings. The van der Waals surface area contributed by atoms with Crippen molar-refractivity contribution in [3.8, 4) is 0 Å². The van der Waals surface area contributed by atoms with Crippen LogP contribution in [0.1, 0.15) is 39.3 Å². The van der Waals surface area contributed by atoms with Crippen LogP contribution in [0, 0.1) is 0 Å². The number of aryl methyl sites for hydroxylation is 1. The lowest BCUT2D eigenvalue weighted by molar-refractivity contribution is 0.464. The van der Waals surface area contributed by atoms with E-state index in [4.69, 9.17) is 0 Å². The second-order valence-corrected chi connectivity index (χ2v) is 7.74. The van der Waals surface area contributed by atoms with E-state index in [-0.39, 0.29) is 6.04 Å². The van der Waals surface area contributed by atoms with Crippen LogP contribution >= 0.6 is 0 Å². The zero-order valence-electron chi connectivity index (χ0n) is 12.8. The van der Waals surface area contributed by atoms with E-state index < -0.39 is 10.0 Å². The molecule has 20 heavy (non-hydrogen) atoms. The van der Waals surface area contributed by atoms with Crippen LogP contribution < -0.4 is 5.32 Å². The van der Waals surface area contributed by atoms with Gasteiger partial charge in [-0.3, -0.25) is 0 Å². The molecule has 1 aromatic heterocycles. The molecule has 0 bridgehead atoms. The molecule has 1 aromatic rings. The van der Waals surface area contributed by atoms with Crippen LogP contribution in [0.5, 0.6) is 0 Å². The minimum absolute atomic E-state index is 0.196. The molecular formula is C14H25N3O2S. The third-order valence-electron chi connectivity index (χ3n) is 3.73. The van der Waals surface area contributed by atoms with E-state index in [1.54, 1.807) is 19.3 Å². The Morgan fingerprint density at radius 1 is 1.45 bits per heavy atom. The Bertz CT molecular complexity index is 559. The molecular weight excluding hydrogens is 274 g/mol. The van der Waals surface area contributed by atoms with Crippen LogP contribution in [0.25, 0.3) is 0 Å². The van der Waals surface area contributed by atoms with Crippen molar-refractivity contribution in [3.05, 3.63) is 18.0 Å². The predicted octanol–water partition coefficient (Wildman–Crippen LogP) is 1.79. The van der Waals surface area contributed by atoms with Crippen LogP contribution in [0.3, 0.4) is 0 Å². The molecule has 0 amide bonds. The van der Waals surface area contributed by atoms with E-state index >= 15 is 0 Å². The summed E-state index contributed by atoms with van der Waals surface area (Å²) in [6.45, 7) is 7.65. The molecule has 0 spiro atoms. The molecule has 0 atom stereocenters. The fourth-order valence-electron chi connectivity index (χ4n) is 2.22. The smallest absolute Gasteiger partial charge is 0.244 e. The molecule has 1 heterocycles. The SMILES string of the molecule is CCn1cc(S(=O)(=O)N(C)C2CC2)cc1CNC(C)C. The van der Waals surface area contributed by atoms with E-state index in [1.165, 1.54) is 4.31 Å². The zero-order valence-corrected chi connectivity index (χ0v) is 13.6. The first-order valence-electron chi connectivity index (χ1n) is 7.26. The Balaban J connectivity index is 2.23. The lowest BCUT2D eigenvalue weighted by atomic mass is 10.3. The maximum Gasteiger partial charge on any atom is 0.244 e. The summed E-state index contributed by atoms with van der Waals surface area (Å²) < 4.78 is 28.6. The van der Waals surface area contributed by atoms with Crippen molar-refractivity contribution in [2.45, 2.75) is 63.7 Å². The number of hydrogen-bond acceptors (Lipinski definition) is 3. The summed E-state index contributed by atoms with van der Waals surface area (Å²) in [6, 6.07) is 2.37. The lowest BCUT2D eigenvalue weighted by Crippen LogP contribution is -2.28. The summed E-state index contributed by atoms with van der Waals surface area (Å²) >= 11 is 0. The molecule has 2 rings (SSSR count). The minimum atomic E-state index is -3.34. The molecule has 0 radical (unpaired) electrons. The molecule has 0 saturated heterocycles. The molecule has 5 nitrogen and oxygen atoms in total. The number of rotatable bonds is 7. The van der Waals surface area contributed by atoms with Gasteiger partial charge in [0.2, 0.25) is 10.0 Å². The van der Waals surface area contributed by atoms with Crippen LogP contribution in [-0.2, 0) is 23.1 Å². The number of nitrogens with one attached hydrogen (secondary N) is 1. The topological polar surface area (TPSA) is 54.3 Å². The summed E-state index contributed by atoms with van der Waals surface area (Å²) in [5.74, 6) is 0. The third kappa shape index (κ3) is 3.24. The van der Waals surface area contributed by atoms with E-state index in [0.29, 0.717) is 17.5 Å². The van der Waals surface area contributed by atoms with Crippen molar-refractivity contribution in [1.82, 2.24) is 14.2 Å². The number of aromatic nitrogens is 1. The third-order valence-corrected chi connectivity index (χ3v) is 5.61. The van der Waals surface area contributed by atoms with Crippen LogP contribution in [-0.4, -0.2) is 36.4 Å². The average Bonchev–Trinajstić information content (AvgIpc) is 3.14. The summed E-state index contributed by atoms with van der Waals surface area (Å²) in [6.07, 6.45) is 3.71. The Morgan fingerprint density at radius 3 is 2.60 bits per heavy atom. The molecule has 6 heteroatoms. The van der Waals surface area contributed by atoms with Gasteiger partial charge in [0.05, 0.1) is 0 Å². The van der Waals surface area contributed by atoms with Crippen molar-refractivity contribution in [3.63, 3.8) is 0 Å². The van der Waals surface area contributed by atoms with Crippen molar-refractivity contribution < 1.29 is 8.42 Å². The Morgan fingerprint density at radius 2 is 2.10 bits per heavy atom. The zero-order chi connectivity index (χ0) is 14.9. The lowest BCUT2D eigenvalue weighted by Gasteiger charge is -2.14. The van der Waals surface area contributed by atoms with E-state index in [9.17, 15) is 8.42 Å². The second-order valence-electron chi connectivity index (χ2n) is 5.74. The first-order chi connectivity index (χ1) is 9.36. The van der Waals surface area contributed by atoms with Gasteiger partial charge in [0.25, 0.3) is 0 Å². The van der Waals surface area contributed by atoms with Crippen molar-refractivity contribution in [2.75, 3.05) is 7.05 Å². The van der Waals surface area contributed by atoms with Gasteiger partial charge in [0.15, 0.2) is 0 Å². The van der Waals surface area contributed by atoms with Gasteiger partial charge >= 0.3 is 0 Å². The first-order valence-corrected chi connectivity index (χ1v) is 8.70. The highest BCUT2D eigenvalue weighted by atomic mass is 32.2. The standard InChI is InChI=1S/C14H25N3O2S/c1-5-17-10-14(8-13(17)9-15-11(2)3)20(18,19)16(4)12-6-7-12/h8,10-12,15H,5-7,9H2,1-4H3. The fraction of sp³-hybridized carbons (Fsp3) is 0.714. The van der Waals surface area contributed by atoms with E-state index in [2.05, 4.69) is 19.2 Å². The summed E-state index contributed by atoms with van der Waals surface area (Å²) in [4.78, 5) is 0.411. The Labute approximate surface area is 122 Å². The molecule has 0 unspecified atom stereocenters. The van der Waals surface area contributed by atoms with Gasteiger partial charge in [-0.1, -0.05) is 13.8 Å². The second kappa shape index (κ2) is 5.87. The summed E-state index contributed by atoms with van der Waals surface area (Å²) in [5.41, 5.74) is 1.02. The van der Waals surface area contributed by atoms with Crippen LogP contribution in [0.2, 0.25) is 0 Å². The van der Waals surface area contributed by atoms with Gasteiger partial charge in [-0.25, -0.2) is 8.42 Å². The molecule has 0 aliphatic heterocycles. The van der Waals surface area contributed by atoms with Gasteiger partial charge in [-0.2, -0.15) is 4.31 Å². The molecule has 1 aliphatic rings. The molecule has 1 saturated carbocycles. The maximum atomic E-state index is 12.5. The largest absolute Gasteiger partial charge is 0.349 e. The monoisotopic (exact) mass is 299 g/mol. The van der Waals surface area contributed by atoms with Gasteiger partial charge in [0, 0.05) is 44.1 Å². The summed E-state index contributed by atoms with van der Waals surface area (Å²) in [5, 5.41) is 3.34. The van der Waals surface area contributed by atoms with E-state index in [1.807, 2.05) is 11.5 Å². The molecule has 1 aliphatic carbocycles. The highest BCUT2D eigenvalue weighted by molar-refractivity contribution is 7.89. The Hall–Kier alpha value is -0.850. The molecule has 1 N–H and O–H groups in total. The summed E-state index contributed by atoms with van der Waals surface area (Å²) in [7, 11) is -1.66. The normalized spacial score (nSPS) is 16.3. The van der Waals surface area contributed by atoms with Crippen LogP contribution in [0.4, 0.5) is 0 Å².